The summed E-state index contributed by atoms with van der Waals surface area (Å²) in [6, 6.07) is 32.6. The lowest BCUT2D eigenvalue weighted by molar-refractivity contribution is 0.296. The van der Waals surface area contributed by atoms with Crippen molar-refractivity contribution in [3.05, 3.63) is 167 Å². The zero-order valence-corrected chi connectivity index (χ0v) is 36.8. The molecule has 0 saturated heterocycles. The fraction of sp³-hybridized carbons (Fsp3) is 0.174. The molecule has 4 aromatic carbocycles. The van der Waals surface area contributed by atoms with E-state index in [9.17, 15) is 16.8 Å². The van der Waals surface area contributed by atoms with Gasteiger partial charge in [0, 0.05) is 59.3 Å². The van der Waals surface area contributed by atoms with Crippen LogP contribution in [0.2, 0.25) is 10.3 Å². The zero-order chi connectivity index (χ0) is 44.3. The van der Waals surface area contributed by atoms with Crippen LogP contribution in [0.25, 0.3) is 21.9 Å². The minimum atomic E-state index is -3.99. The van der Waals surface area contributed by atoms with Crippen LogP contribution in [0, 0.1) is 0 Å². The van der Waals surface area contributed by atoms with Gasteiger partial charge in [0.15, 0.2) is 23.0 Å². The standard InChI is InChI=1S/2C23H19ClN2O5S/c2*24-23-17(6-3-10-25-23)22(21-13-15-5-1-2-7-18(15)31-21)26-32(27,28)16-8-9-19-20(14-16)30-12-4-11-29-19/h2*1-3,5-10,13-14,22,26H,4,11-12H2/t2*22-/m10/s1. The van der Waals surface area contributed by atoms with E-state index in [0.717, 1.165) is 23.6 Å². The van der Waals surface area contributed by atoms with Crippen LogP contribution < -0.4 is 28.4 Å². The number of hydrogen-bond donors (Lipinski definition) is 2. The quantitative estimate of drug-likeness (QED) is 0.124. The molecular formula is C46H38Cl2N4O10S2. The Morgan fingerprint density at radius 3 is 1.30 bits per heavy atom. The maximum absolute atomic E-state index is 13.4. The fourth-order valence-corrected chi connectivity index (χ4v) is 9.99. The van der Waals surface area contributed by atoms with Crippen molar-refractivity contribution in [2.75, 3.05) is 26.4 Å². The Balaban J connectivity index is 0.000000162. The van der Waals surface area contributed by atoms with E-state index >= 15 is 0 Å². The average molecular weight is 942 g/mol. The van der Waals surface area contributed by atoms with Gasteiger partial charge in [0.1, 0.15) is 45.1 Å². The third-order valence-electron chi connectivity index (χ3n) is 10.3. The van der Waals surface area contributed by atoms with E-state index in [1.165, 1.54) is 24.3 Å². The summed E-state index contributed by atoms with van der Waals surface area (Å²) >= 11 is 12.7. The summed E-state index contributed by atoms with van der Waals surface area (Å²) in [6.07, 6.45) is 4.53. The molecule has 2 atom stereocenters. The van der Waals surface area contributed by atoms with Crippen LogP contribution in [0.1, 0.15) is 47.6 Å². The number of nitrogens with zero attached hydrogens (tertiary/aromatic N) is 2. The molecule has 0 amide bonds. The minimum absolute atomic E-state index is 0.0443. The number of halogens is 2. The smallest absolute Gasteiger partial charge is 0.241 e. The lowest BCUT2D eigenvalue weighted by Crippen LogP contribution is -2.29. The van der Waals surface area contributed by atoms with E-state index in [4.69, 9.17) is 51.0 Å². The second-order valence-corrected chi connectivity index (χ2v) is 18.7. The Morgan fingerprint density at radius 2 is 0.891 bits per heavy atom. The molecule has 18 heteroatoms. The first kappa shape index (κ1) is 43.1. The van der Waals surface area contributed by atoms with Crippen molar-refractivity contribution in [3.8, 4) is 23.0 Å². The van der Waals surface area contributed by atoms with E-state index in [0.29, 0.717) is 83.2 Å². The van der Waals surface area contributed by atoms with Crippen LogP contribution in [0.3, 0.4) is 0 Å². The van der Waals surface area contributed by atoms with Crippen LogP contribution in [-0.4, -0.2) is 53.2 Å². The normalized spacial score (nSPS) is 14.8. The first-order valence-electron chi connectivity index (χ1n) is 20.0. The third-order valence-corrected chi connectivity index (χ3v) is 13.7. The SMILES string of the molecule is O=S(=O)(N[C@@H](c1cc2ccccc2o1)c1cccnc1Cl)c1ccc2c(c1)OCCCO2.O=S(=O)(N[C@H](c1cc2ccccc2o1)c1cccnc1Cl)c1ccc2c(c1)OCCCO2. The maximum Gasteiger partial charge on any atom is 0.241 e. The Kier molecular flexibility index (Phi) is 12.5. The first-order chi connectivity index (χ1) is 31.0. The number of sulfonamides is 2. The molecule has 0 spiro atoms. The van der Waals surface area contributed by atoms with Gasteiger partial charge in [0.25, 0.3) is 0 Å². The molecule has 0 radical (unpaired) electrons. The summed E-state index contributed by atoms with van der Waals surface area (Å²) in [6.45, 7) is 1.95. The summed E-state index contributed by atoms with van der Waals surface area (Å²) in [5, 5.41) is 2.06. The van der Waals surface area contributed by atoms with Crippen LogP contribution in [0.15, 0.2) is 152 Å². The number of nitrogens with one attached hydrogen (secondary N) is 2. The van der Waals surface area contributed by atoms with E-state index in [1.807, 2.05) is 48.5 Å². The maximum atomic E-state index is 13.4. The van der Waals surface area contributed by atoms with Crippen LogP contribution in [0.4, 0.5) is 0 Å². The van der Waals surface area contributed by atoms with Gasteiger partial charge in [0.05, 0.1) is 36.2 Å². The first-order valence-corrected chi connectivity index (χ1v) is 23.8. The van der Waals surface area contributed by atoms with Crippen molar-refractivity contribution in [1.29, 1.82) is 0 Å². The van der Waals surface area contributed by atoms with Crippen molar-refractivity contribution in [3.63, 3.8) is 0 Å². The summed E-state index contributed by atoms with van der Waals surface area (Å²) in [5.41, 5.74) is 2.24. The predicted octanol–water partition coefficient (Wildman–Crippen LogP) is 9.42. The number of pyridine rings is 2. The van der Waals surface area contributed by atoms with E-state index in [1.54, 1.807) is 60.9 Å². The largest absolute Gasteiger partial charge is 0.490 e. The summed E-state index contributed by atoms with van der Waals surface area (Å²) < 4.78 is 93.4. The number of ether oxygens (including phenoxy) is 4. The van der Waals surface area contributed by atoms with Gasteiger partial charge in [-0.25, -0.2) is 26.8 Å². The van der Waals surface area contributed by atoms with Gasteiger partial charge in [-0.15, -0.1) is 0 Å². The van der Waals surface area contributed by atoms with Gasteiger partial charge in [-0.1, -0.05) is 71.7 Å². The Hall–Kier alpha value is -6.14. The van der Waals surface area contributed by atoms with Gasteiger partial charge in [-0.3, -0.25) is 0 Å². The molecule has 0 saturated carbocycles. The molecule has 6 heterocycles. The second-order valence-electron chi connectivity index (χ2n) is 14.6. The monoisotopic (exact) mass is 940 g/mol. The lowest BCUT2D eigenvalue weighted by atomic mass is 10.1. The van der Waals surface area contributed by atoms with Gasteiger partial charge in [-0.05, 0) is 60.7 Å². The fourth-order valence-electron chi connectivity index (χ4n) is 7.13. The van der Waals surface area contributed by atoms with Crippen molar-refractivity contribution in [1.82, 2.24) is 19.4 Å². The molecule has 4 aromatic heterocycles. The number of rotatable bonds is 10. The number of hydrogen-bond acceptors (Lipinski definition) is 12. The molecule has 14 nitrogen and oxygen atoms in total. The Labute approximate surface area is 378 Å². The number of fused-ring (bicyclic) bond motifs is 4. The molecule has 10 rings (SSSR count). The molecule has 0 aliphatic carbocycles. The van der Waals surface area contributed by atoms with Crippen molar-refractivity contribution < 1.29 is 44.6 Å². The summed E-state index contributed by atoms with van der Waals surface area (Å²) in [5.74, 6) is 2.63. The Bertz CT molecular complexity index is 2920. The molecule has 0 unspecified atom stereocenters. The summed E-state index contributed by atoms with van der Waals surface area (Å²) in [4.78, 5) is 8.29. The van der Waals surface area contributed by atoms with Crippen molar-refractivity contribution in [2.45, 2.75) is 34.7 Å². The third kappa shape index (κ3) is 9.38. The number of aromatic nitrogens is 2. The van der Waals surface area contributed by atoms with E-state index < -0.39 is 32.1 Å². The molecule has 328 valence electrons. The molecule has 2 aliphatic rings. The molecule has 0 bridgehead atoms. The highest BCUT2D eigenvalue weighted by Gasteiger charge is 2.31. The highest BCUT2D eigenvalue weighted by atomic mass is 35.5. The lowest BCUT2D eigenvalue weighted by Gasteiger charge is -2.18. The predicted molar refractivity (Wildman–Crippen MR) is 239 cm³/mol. The number of furan rings is 2. The molecule has 2 aliphatic heterocycles. The average Bonchev–Trinajstić information content (AvgIpc) is 3.76. The van der Waals surface area contributed by atoms with Gasteiger partial charge < -0.3 is 27.8 Å². The van der Waals surface area contributed by atoms with E-state index in [2.05, 4.69) is 19.4 Å². The van der Waals surface area contributed by atoms with Gasteiger partial charge >= 0.3 is 0 Å². The molecule has 8 aromatic rings. The molecule has 64 heavy (non-hydrogen) atoms. The zero-order valence-electron chi connectivity index (χ0n) is 33.6. The van der Waals surface area contributed by atoms with Crippen LogP contribution in [-0.2, 0) is 20.0 Å². The van der Waals surface area contributed by atoms with Gasteiger partial charge in [-0.2, -0.15) is 9.44 Å². The highest BCUT2D eigenvalue weighted by Crippen LogP contribution is 2.37. The Morgan fingerprint density at radius 1 is 0.484 bits per heavy atom. The molecule has 0 fully saturated rings. The summed E-state index contributed by atoms with van der Waals surface area (Å²) in [7, 11) is -7.97. The van der Waals surface area contributed by atoms with E-state index in [-0.39, 0.29) is 20.1 Å². The van der Waals surface area contributed by atoms with Crippen LogP contribution >= 0.6 is 23.2 Å². The van der Waals surface area contributed by atoms with Crippen LogP contribution in [0.5, 0.6) is 23.0 Å². The molecular weight excluding hydrogens is 904 g/mol. The second kappa shape index (κ2) is 18.5. The minimum Gasteiger partial charge on any atom is -0.490 e. The van der Waals surface area contributed by atoms with Crippen molar-refractivity contribution >= 4 is 65.2 Å². The topological polar surface area (TPSA) is 181 Å². The highest BCUT2D eigenvalue weighted by molar-refractivity contribution is 7.89. The van der Waals surface area contributed by atoms with Gasteiger partial charge in [0.2, 0.25) is 20.0 Å². The number of benzene rings is 4. The number of para-hydroxylation sites is 2. The molecule has 2 N–H and O–H groups in total. The van der Waals surface area contributed by atoms with Crippen molar-refractivity contribution in [2.24, 2.45) is 0 Å².